The first-order valence-corrected chi connectivity index (χ1v) is 9.50. The van der Waals surface area contributed by atoms with Gasteiger partial charge in [0, 0.05) is 36.6 Å². The van der Waals surface area contributed by atoms with Crippen LogP contribution in [0.15, 0.2) is 36.0 Å². The van der Waals surface area contributed by atoms with E-state index in [-0.39, 0.29) is 6.04 Å². The zero-order valence-corrected chi connectivity index (χ0v) is 15.7. The fourth-order valence-corrected chi connectivity index (χ4v) is 3.99. The molecular formula is C18H20N6O2S. The van der Waals surface area contributed by atoms with Crippen LogP contribution in [0.25, 0.3) is 10.6 Å². The number of carbonyl (C=O) groups excluding carboxylic acids is 1. The van der Waals surface area contributed by atoms with Crippen LogP contribution in [0.2, 0.25) is 0 Å². The fourth-order valence-electron chi connectivity index (χ4n) is 3.17. The number of rotatable bonds is 5. The molecule has 4 rings (SSSR count). The van der Waals surface area contributed by atoms with Crippen molar-refractivity contribution < 1.29 is 9.53 Å². The van der Waals surface area contributed by atoms with E-state index in [1.807, 2.05) is 19.2 Å². The van der Waals surface area contributed by atoms with Crippen molar-refractivity contribution in [3.05, 3.63) is 53.1 Å². The molecule has 27 heavy (non-hydrogen) atoms. The second-order valence-electron chi connectivity index (χ2n) is 6.39. The Balaban J connectivity index is 1.51. The number of carbonyl (C=O) groups is 1. The Hall–Kier alpha value is -2.62. The minimum Gasteiger partial charge on any atom is -0.378 e. The van der Waals surface area contributed by atoms with Crippen molar-refractivity contribution >= 4 is 17.2 Å². The first kappa shape index (κ1) is 17.8. The fraction of sp³-hybridized carbons (Fsp3) is 0.333. The summed E-state index contributed by atoms with van der Waals surface area (Å²) >= 11 is 1.59. The van der Waals surface area contributed by atoms with Gasteiger partial charge in [-0.15, -0.1) is 11.3 Å². The van der Waals surface area contributed by atoms with E-state index in [0.29, 0.717) is 18.8 Å². The second-order valence-corrected chi connectivity index (χ2v) is 7.25. The maximum atomic E-state index is 11.2. The van der Waals surface area contributed by atoms with Crippen LogP contribution in [-0.4, -0.2) is 50.3 Å². The smallest absolute Gasteiger partial charge is 0.248 e. The van der Waals surface area contributed by atoms with Gasteiger partial charge in [-0.3, -0.25) is 14.4 Å². The summed E-state index contributed by atoms with van der Waals surface area (Å²) < 4.78 is 7.45. The summed E-state index contributed by atoms with van der Waals surface area (Å²) in [5, 5.41) is 7.16. The number of primary amides is 1. The lowest BCUT2D eigenvalue weighted by Crippen LogP contribution is -2.40. The van der Waals surface area contributed by atoms with Gasteiger partial charge >= 0.3 is 0 Å². The van der Waals surface area contributed by atoms with Gasteiger partial charge < -0.3 is 10.5 Å². The van der Waals surface area contributed by atoms with Gasteiger partial charge in [-0.2, -0.15) is 5.10 Å². The summed E-state index contributed by atoms with van der Waals surface area (Å²) in [6, 6.07) is 7.26. The summed E-state index contributed by atoms with van der Waals surface area (Å²) in [5.41, 5.74) is 7.77. The molecule has 3 aromatic rings. The molecule has 0 bridgehead atoms. The van der Waals surface area contributed by atoms with Crippen LogP contribution >= 0.6 is 11.3 Å². The molecule has 1 unspecified atom stereocenters. The standard InChI is InChI=1S/C18H20N6O2S/c1-23-17(20-11-21-23)15-9-26-7-6-24(15)8-14-10-27-18(22-14)13-4-2-12(3-5-13)16(19)25/h2-5,10-11,15H,6-9H2,1H3,(H2,19,25). The molecule has 1 aliphatic rings. The average Bonchev–Trinajstić information content (AvgIpc) is 3.31. The van der Waals surface area contributed by atoms with E-state index in [4.69, 9.17) is 15.5 Å². The maximum absolute atomic E-state index is 11.2. The molecule has 8 nitrogen and oxygen atoms in total. The van der Waals surface area contributed by atoms with E-state index in [1.165, 1.54) is 0 Å². The Bertz CT molecular complexity index is 935. The minimum absolute atomic E-state index is 0.0613. The number of benzene rings is 1. The van der Waals surface area contributed by atoms with Crippen molar-refractivity contribution in [2.45, 2.75) is 12.6 Å². The van der Waals surface area contributed by atoms with E-state index < -0.39 is 5.91 Å². The van der Waals surface area contributed by atoms with Crippen molar-refractivity contribution in [2.24, 2.45) is 12.8 Å². The van der Waals surface area contributed by atoms with Crippen LogP contribution in [0.3, 0.4) is 0 Å². The Morgan fingerprint density at radius 1 is 1.37 bits per heavy atom. The van der Waals surface area contributed by atoms with Crippen LogP contribution in [0.1, 0.15) is 27.9 Å². The Labute approximate surface area is 160 Å². The highest BCUT2D eigenvalue weighted by Crippen LogP contribution is 2.28. The number of ether oxygens (including phenoxy) is 1. The Morgan fingerprint density at radius 2 is 2.19 bits per heavy atom. The third-order valence-corrected chi connectivity index (χ3v) is 5.56. The molecule has 0 radical (unpaired) electrons. The summed E-state index contributed by atoms with van der Waals surface area (Å²) in [4.78, 5) is 22.7. The maximum Gasteiger partial charge on any atom is 0.248 e. The molecule has 2 N–H and O–H groups in total. The molecule has 0 spiro atoms. The van der Waals surface area contributed by atoms with Gasteiger partial charge in [0.15, 0.2) is 0 Å². The number of nitrogens with two attached hydrogens (primary N) is 1. The van der Waals surface area contributed by atoms with Gasteiger partial charge in [-0.1, -0.05) is 12.1 Å². The molecule has 140 valence electrons. The zero-order chi connectivity index (χ0) is 18.8. The predicted octanol–water partition coefficient (Wildman–Crippen LogP) is 1.61. The first-order valence-electron chi connectivity index (χ1n) is 8.62. The number of morpholine rings is 1. The molecule has 1 amide bonds. The van der Waals surface area contributed by atoms with E-state index in [0.717, 1.165) is 35.2 Å². The summed E-state index contributed by atoms with van der Waals surface area (Å²) in [6.07, 6.45) is 1.57. The Morgan fingerprint density at radius 3 is 2.89 bits per heavy atom. The highest BCUT2D eigenvalue weighted by Gasteiger charge is 2.28. The molecule has 1 aliphatic heterocycles. The highest BCUT2D eigenvalue weighted by molar-refractivity contribution is 7.13. The highest BCUT2D eigenvalue weighted by atomic mass is 32.1. The van der Waals surface area contributed by atoms with Crippen molar-refractivity contribution in [1.29, 1.82) is 0 Å². The number of thiazole rings is 1. The zero-order valence-electron chi connectivity index (χ0n) is 14.9. The van der Waals surface area contributed by atoms with E-state index >= 15 is 0 Å². The summed E-state index contributed by atoms with van der Waals surface area (Å²) in [5.74, 6) is 0.468. The normalized spacial score (nSPS) is 17.9. The lowest BCUT2D eigenvalue weighted by atomic mass is 10.1. The molecule has 2 aromatic heterocycles. The van der Waals surface area contributed by atoms with Crippen molar-refractivity contribution in [1.82, 2.24) is 24.6 Å². The van der Waals surface area contributed by atoms with Crippen LogP contribution in [0, 0.1) is 0 Å². The van der Waals surface area contributed by atoms with E-state index in [2.05, 4.69) is 20.4 Å². The van der Waals surface area contributed by atoms with Crippen LogP contribution in [0.4, 0.5) is 0 Å². The number of aromatic nitrogens is 4. The van der Waals surface area contributed by atoms with Crippen molar-refractivity contribution in [3.63, 3.8) is 0 Å². The third kappa shape index (κ3) is 3.75. The Kier molecular flexibility index (Phi) is 4.97. The van der Waals surface area contributed by atoms with Crippen molar-refractivity contribution in [2.75, 3.05) is 19.8 Å². The molecule has 1 saturated heterocycles. The molecule has 1 fully saturated rings. The second kappa shape index (κ2) is 7.55. The van der Waals surface area contributed by atoms with Crippen LogP contribution in [0.5, 0.6) is 0 Å². The summed E-state index contributed by atoms with van der Waals surface area (Å²) in [6.45, 7) is 2.83. The largest absolute Gasteiger partial charge is 0.378 e. The molecule has 1 aromatic carbocycles. The van der Waals surface area contributed by atoms with E-state index in [1.54, 1.807) is 34.5 Å². The quantitative estimate of drug-likeness (QED) is 0.717. The number of aryl methyl sites for hydroxylation is 1. The van der Waals surface area contributed by atoms with Gasteiger partial charge in [0.2, 0.25) is 5.91 Å². The molecule has 1 atom stereocenters. The van der Waals surface area contributed by atoms with Crippen molar-refractivity contribution in [3.8, 4) is 10.6 Å². The van der Waals surface area contributed by atoms with Gasteiger partial charge in [-0.25, -0.2) is 9.97 Å². The predicted molar refractivity (Wildman–Crippen MR) is 101 cm³/mol. The molecule has 0 saturated carbocycles. The SMILES string of the molecule is Cn1ncnc1C1COCCN1Cc1csc(-c2ccc(C(N)=O)cc2)n1. The molecule has 3 heterocycles. The molecule has 0 aliphatic carbocycles. The van der Waals surface area contributed by atoms with Gasteiger partial charge in [0.1, 0.15) is 17.2 Å². The molecule has 9 heteroatoms. The van der Waals surface area contributed by atoms with Gasteiger partial charge in [0.25, 0.3) is 0 Å². The lowest BCUT2D eigenvalue weighted by Gasteiger charge is -2.34. The lowest BCUT2D eigenvalue weighted by molar-refractivity contribution is -0.0176. The van der Waals surface area contributed by atoms with Gasteiger partial charge in [-0.05, 0) is 12.1 Å². The number of hydrogen-bond acceptors (Lipinski definition) is 7. The minimum atomic E-state index is -0.427. The first-order chi connectivity index (χ1) is 13.1. The van der Waals surface area contributed by atoms with Crippen LogP contribution < -0.4 is 5.73 Å². The van der Waals surface area contributed by atoms with Crippen LogP contribution in [-0.2, 0) is 18.3 Å². The number of amides is 1. The third-order valence-electron chi connectivity index (χ3n) is 4.62. The summed E-state index contributed by atoms with van der Waals surface area (Å²) in [7, 11) is 1.89. The topological polar surface area (TPSA) is 99.2 Å². The van der Waals surface area contributed by atoms with Gasteiger partial charge in [0.05, 0.1) is 24.9 Å². The monoisotopic (exact) mass is 384 g/mol. The molecular weight excluding hydrogens is 364 g/mol. The number of hydrogen-bond donors (Lipinski definition) is 1. The van der Waals surface area contributed by atoms with E-state index in [9.17, 15) is 4.79 Å². The number of nitrogens with zero attached hydrogens (tertiary/aromatic N) is 5. The average molecular weight is 384 g/mol.